The van der Waals surface area contributed by atoms with Crippen LogP contribution in [-0.2, 0) is 20.0 Å². The van der Waals surface area contributed by atoms with E-state index in [0.717, 1.165) is 27.7 Å². The van der Waals surface area contributed by atoms with Crippen molar-refractivity contribution in [3.05, 3.63) is 120 Å². The van der Waals surface area contributed by atoms with Crippen molar-refractivity contribution in [2.45, 2.75) is 19.0 Å². The minimum absolute atomic E-state index is 0.316. The summed E-state index contributed by atoms with van der Waals surface area (Å²) in [4.78, 5) is 6.77. The van der Waals surface area contributed by atoms with E-state index in [1.165, 1.54) is 12.1 Å². The maximum atomic E-state index is 14.4. The average Bonchev–Trinajstić information content (AvgIpc) is 3.50. The van der Waals surface area contributed by atoms with Crippen LogP contribution < -0.4 is 10.6 Å². The van der Waals surface area contributed by atoms with Crippen molar-refractivity contribution in [3.63, 3.8) is 0 Å². The molecule has 0 amide bonds. The van der Waals surface area contributed by atoms with Gasteiger partial charge in [0.05, 0.1) is 18.0 Å². The molecule has 6 nitrogen and oxygen atoms in total. The number of imidazole rings is 1. The highest BCUT2D eigenvalue weighted by atomic mass is 32.1. The van der Waals surface area contributed by atoms with E-state index in [-0.39, 0.29) is 5.82 Å². The number of thiocarbonyl (C=S) groups is 1. The standard InChI is InChI=1S/C30H27FN6S/c1-35-19-27(26-7-2-3-8-28(26)35)29(30(33)38)37(24-6-4-5-23(31)15-24)14-13-25-17-34-20-36(25)18-22-11-9-21(16-32)10-12-22/h2-12,15,17,19-20,29H,13-14,18H2,1H3,(H2,33,38). The molecular formula is C30H27FN6S. The molecule has 190 valence electrons. The summed E-state index contributed by atoms with van der Waals surface area (Å²) in [5.74, 6) is -0.321. The second kappa shape index (κ2) is 10.9. The number of fused-ring (bicyclic) bond motifs is 1. The number of anilines is 1. The molecule has 1 unspecified atom stereocenters. The fourth-order valence-corrected chi connectivity index (χ4v) is 5.20. The summed E-state index contributed by atoms with van der Waals surface area (Å²) in [5.41, 5.74) is 11.9. The van der Waals surface area contributed by atoms with Crippen LogP contribution in [0.25, 0.3) is 10.9 Å². The minimum Gasteiger partial charge on any atom is -0.391 e. The zero-order valence-electron chi connectivity index (χ0n) is 21.0. The molecule has 0 bridgehead atoms. The van der Waals surface area contributed by atoms with Crippen molar-refractivity contribution < 1.29 is 4.39 Å². The van der Waals surface area contributed by atoms with Crippen LogP contribution in [0.5, 0.6) is 0 Å². The van der Waals surface area contributed by atoms with Gasteiger partial charge >= 0.3 is 0 Å². The van der Waals surface area contributed by atoms with Crippen LogP contribution >= 0.6 is 12.2 Å². The first-order valence-electron chi connectivity index (χ1n) is 12.3. The molecule has 0 fully saturated rings. The number of nitriles is 1. The summed E-state index contributed by atoms with van der Waals surface area (Å²) < 4.78 is 18.5. The summed E-state index contributed by atoms with van der Waals surface area (Å²) >= 11 is 5.62. The lowest BCUT2D eigenvalue weighted by atomic mass is 10.0. The lowest BCUT2D eigenvalue weighted by molar-refractivity contribution is 0.624. The lowest BCUT2D eigenvalue weighted by Gasteiger charge is -2.33. The van der Waals surface area contributed by atoms with Crippen LogP contribution in [0.4, 0.5) is 10.1 Å². The molecule has 38 heavy (non-hydrogen) atoms. The number of hydrogen-bond acceptors (Lipinski definition) is 4. The van der Waals surface area contributed by atoms with Gasteiger partial charge in [-0.15, -0.1) is 0 Å². The van der Waals surface area contributed by atoms with Gasteiger partial charge in [0.15, 0.2) is 0 Å². The molecule has 3 aromatic carbocycles. The minimum atomic E-state index is -0.437. The Morgan fingerprint density at radius 2 is 1.92 bits per heavy atom. The summed E-state index contributed by atoms with van der Waals surface area (Å²) in [5, 5.41) is 10.1. The number of nitrogens with zero attached hydrogens (tertiary/aromatic N) is 5. The summed E-state index contributed by atoms with van der Waals surface area (Å²) in [7, 11) is 2.00. The van der Waals surface area contributed by atoms with Gasteiger partial charge in [0.1, 0.15) is 16.8 Å². The monoisotopic (exact) mass is 522 g/mol. The van der Waals surface area contributed by atoms with Crippen LogP contribution in [0, 0.1) is 17.1 Å². The second-order valence-electron chi connectivity index (χ2n) is 9.26. The van der Waals surface area contributed by atoms with Gasteiger partial charge in [-0.1, -0.05) is 48.6 Å². The number of aromatic nitrogens is 3. The summed E-state index contributed by atoms with van der Waals surface area (Å²) in [6.07, 6.45) is 6.34. The van der Waals surface area contributed by atoms with E-state index in [2.05, 4.69) is 43.4 Å². The fraction of sp³-hybridized carbons (Fsp3) is 0.167. The quantitative estimate of drug-likeness (QED) is 0.258. The van der Waals surface area contributed by atoms with Crippen LogP contribution in [0.15, 0.2) is 91.5 Å². The van der Waals surface area contributed by atoms with Gasteiger partial charge in [0.25, 0.3) is 0 Å². The number of hydrogen-bond donors (Lipinski definition) is 1. The van der Waals surface area contributed by atoms with Gasteiger partial charge in [0.2, 0.25) is 0 Å². The van der Waals surface area contributed by atoms with Gasteiger partial charge in [-0.2, -0.15) is 5.26 Å². The van der Waals surface area contributed by atoms with E-state index in [4.69, 9.17) is 23.2 Å². The molecular weight excluding hydrogens is 495 g/mol. The number of benzene rings is 3. The van der Waals surface area contributed by atoms with Crippen molar-refractivity contribution in [3.8, 4) is 6.07 Å². The molecule has 0 aliphatic carbocycles. The number of para-hydroxylation sites is 1. The largest absolute Gasteiger partial charge is 0.391 e. The predicted octanol–water partition coefficient (Wildman–Crippen LogP) is 5.51. The number of aryl methyl sites for hydroxylation is 1. The van der Waals surface area contributed by atoms with Crippen molar-refractivity contribution in [1.29, 1.82) is 5.26 Å². The Bertz CT molecular complexity index is 1630. The van der Waals surface area contributed by atoms with E-state index in [9.17, 15) is 4.39 Å². The molecule has 2 heterocycles. The molecule has 0 saturated carbocycles. The van der Waals surface area contributed by atoms with Gasteiger partial charge in [-0.05, 0) is 42.0 Å². The average molecular weight is 523 g/mol. The molecule has 0 radical (unpaired) electrons. The first kappa shape index (κ1) is 25.2. The van der Waals surface area contributed by atoms with E-state index in [1.807, 2.05) is 55.7 Å². The highest BCUT2D eigenvalue weighted by molar-refractivity contribution is 7.80. The topological polar surface area (TPSA) is 75.8 Å². The third kappa shape index (κ3) is 5.15. The highest BCUT2D eigenvalue weighted by Gasteiger charge is 2.27. The van der Waals surface area contributed by atoms with Crippen LogP contribution in [-0.4, -0.2) is 25.7 Å². The maximum absolute atomic E-state index is 14.4. The normalized spacial score (nSPS) is 11.8. The molecule has 0 aliphatic heterocycles. The fourth-order valence-electron chi connectivity index (χ4n) is 4.94. The molecule has 1 atom stereocenters. The van der Waals surface area contributed by atoms with Crippen molar-refractivity contribution in [1.82, 2.24) is 14.1 Å². The third-order valence-corrected chi connectivity index (χ3v) is 7.01. The van der Waals surface area contributed by atoms with Gasteiger partial charge < -0.3 is 19.8 Å². The zero-order chi connectivity index (χ0) is 26.6. The van der Waals surface area contributed by atoms with E-state index in [0.29, 0.717) is 35.7 Å². The molecule has 0 saturated heterocycles. The first-order valence-corrected chi connectivity index (χ1v) is 12.7. The molecule has 8 heteroatoms. The van der Waals surface area contributed by atoms with Gasteiger partial charge in [0, 0.05) is 66.8 Å². The van der Waals surface area contributed by atoms with E-state index in [1.54, 1.807) is 12.4 Å². The Morgan fingerprint density at radius 1 is 1.13 bits per heavy atom. The molecule has 0 spiro atoms. The molecule has 5 aromatic rings. The Balaban J connectivity index is 1.48. The lowest BCUT2D eigenvalue weighted by Crippen LogP contribution is -2.38. The van der Waals surface area contributed by atoms with Crippen molar-refractivity contribution in [2.75, 3.05) is 11.4 Å². The van der Waals surface area contributed by atoms with Crippen LogP contribution in [0.2, 0.25) is 0 Å². The Labute approximate surface area is 226 Å². The Hall–Kier alpha value is -4.48. The van der Waals surface area contributed by atoms with Gasteiger partial charge in [-0.3, -0.25) is 0 Å². The predicted molar refractivity (Wildman–Crippen MR) is 152 cm³/mol. The molecule has 0 aliphatic rings. The van der Waals surface area contributed by atoms with Crippen molar-refractivity contribution in [2.24, 2.45) is 12.8 Å². The third-order valence-electron chi connectivity index (χ3n) is 6.79. The number of nitrogens with two attached hydrogens (primary N) is 1. The van der Waals surface area contributed by atoms with Crippen LogP contribution in [0.3, 0.4) is 0 Å². The van der Waals surface area contributed by atoms with Crippen molar-refractivity contribution >= 4 is 33.8 Å². The summed E-state index contributed by atoms with van der Waals surface area (Å²) in [6, 6.07) is 23.9. The first-order chi connectivity index (χ1) is 18.4. The number of halogens is 1. The van der Waals surface area contributed by atoms with Crippen LogP contribution in [0.1, 0.15) is 28.4 Å². The Kier molecular flexibility index (Phi) is 7.20. The number of rotatable bonds is 9. The second-order valence-corrected chi connectivity index (χ2v) is 9.73. The molecule has 2 aromatic heterocycles. The zero-order valence-corrected chi connectivity index (χ0v) is 21.8. The maximum Gasteiger partial charge on any atom is 0.125 e. The Morgan fingerprint density at radius 3 is 2.66 bits per heavy atom. The smallest absolute Gasteiger partial charge is 0.125 e. The molecule has 5 rings (SSSR count). The van der Waals surface area contributed by atoms with Gasteiger partial charge in [-0.25, -0.2) is 9.37 Å². The van der Waals surface area contributed by atoms with E-state index < -0.39 is 6.04 Å². The molecule has 2 N–H and O–H groups in total. The summed E-state index contributed by atoms with van der Waals surface area (Å²) in [6.45, 7) is 1.16. The van der Waals surface area contributed by atoms with E-state index >= 15 is 0 Å². The SMILES string of the molecule is Cn1cc(C(C(N)=S)N(CCc2cncn2Cc2ccc(C#N)cc2)c2cccc(F)c2)c2ccccc21. The highest BCUT2D eigenvalue weighted by Crippen LogP contribution is 2.34.